The van der Waals surface area contributed by atoms with Crippen molar-refractivity contribution < 1.29 is 9.84 Å². The first-order valence-corrected chi connectivity index (χ1v) is 6.20. The van der Waals surface area contributed by atoms with Crippen LogP contribution in [-0.4, -0.2) is 24.9 Å². The smallest absolute Gasteiger partial charge is 0.0860 e. The molecule has 0 radical (unpaired) electrons. The van der Waals surface area contributed by atoms with Crippen LogP contribution in [-0.2, 0) is 4.74 Å². The van der Waals surface area contributed by atoms with E-state index in [1.165, 1.54) is 5.56 Å². The van der Waals surface area contributed by atoms with Crippen LogP contribution in [0.15, 0.2) is 24.3 Å². The first-order chi connectivity index (χ1) is 8.18. The van der Waals surface area contributed by atoms with Crippen molar-refractivity contribution in [2.75, 3.05) is 19.8 Å². The highest BCUT2D eigenvalue weighted by Gasteiger charge is 2.39. The normalized spacial score (nSPS) is 21.1. The Morgan fingerprint density at radius 2 is 2.12 bits per heavy atom. The van der Waals surface area contributed by atoms with Crippen LogP contribution in [0.25, 0.3) is 0 Å². The molecule has 0 unspecified atom stereocenters. The van der Waals surface area contributed by atoms with Gasteiger partial charge in [0.2, 0.25) is 0 Å². The van der Waals surface area contributed by atoms with Crippen LogP contribution in [0, 0.1) is 12.3 Å². The Morgan fingerprint density at radius 3 is 2.71 bits per heavy atom. The van der Waals surface area contributed by atoms with Gasteiger partial charge in [0.05, 0.1) is 6.10 Å². The number of hydrogen-bond donors (Lipinski definition) is 2. The summed E-state index contributed by atoms with van der Waals surface area (Å²) in [6, 6.07) is 8.04. The quantitative estimate of drug-likeness (QED) is 0.839. The number of ether oxygens (including phenoxy) is 1. The van der Waals surface area contributed by atoms with Crippen LogP contribution in [0.3, 0.4) is 0 Å². The zero-order valence-electron chi connectivity index (χ0n) is 10.4. The van der Waals surface area contributed by atoms with Crippen LogP contribution in [0.2, 0.25) is 0 Å². The van der Waals surface area contributed by atoms with Crippen molar-refractivity contribution in [3.05, 3.63) is 35.4 Å². The van der Waals surface area contributed by atoms with Gasteiger partial charge in [-0.15, -0.1) is 0 Å². The molecule has 17 heavy (non-hydrogen) atoms. The second-order valence-electron chi connectivity index (χ2n) is 5.00. The van der Waals surface area contributed by atoms with Gasteiger partial charge < -0.3 is 15.6 Å². The third kappa shape index (κ3) is 2.51. The molecule has 0 saturated carbocycles. The molecule has 1 heterocycles. The summed E-state index contributed by atoms with van der Waals surface area (Å²) in [4.78, 5) is 0. The summed E-state index contributed by atoms with van der Waals surface area (Å²) in [7, 11) is 0. The third-order valence-corrected chi connectivity index (χ3v) is 3.83. The van der Waals surface area contributed by atoms with E-state index in [4.69, 9.17) is 10.5 Å². The van der Waals surface area contributed by atoms with E-state index >= 15 is 0 Å². The maximum absolute atomic E-state index is 10.6. The van der Waals surface area contributed by atoms with E-state index in [0.717, 1.165) is 18.4 Å². The Morgan fingerprint density at radius 1 is 1.41 bits per heavy atom. The van der Waals surface area contributed by atoms with Crippen molar-refractivity contribution in [3.8, 4) is 0 Å². The molecule has 1 atom stereocenters. The molecule has 3 N–H and O–H groups in total. The van der Waals surface area contributed by atoms with E-state index in [0.29, 0.717) is 19.8 Å². The number of nitrogens with two attached hydrogens (primary N) is 1. The summed E-state index contributed by atoms with van der Waals surface area (Å²) in [5, 5.41) is 10.6. The van der Waals surface area contributed by atoms with Crippen molar-refractivity contribution in [3.63, 3.8) is 0 Å². The van der Waals surface area contributed by atoms with Gasteiger partial charge in [-0.3, -0.25) is 0 Å². The maximum atomic E-state index is 10.6. The Balaban J connectivity index is 2.24. The number of aliphatic hydroxyl groups is 1. The molecule has 0 bridgehead atoms. The lowest BCUT2D eigenvalue weighted by Gasteiger charge is -2.40. The van der Waals surface area contributed by atoms with Crippen molar-refractivity contribution in [1.29, 1.82) is 0 Å². The van der Waals surface area contributed by atoms with E-state index in [-0.39, 0.29) is 5.41 Å². The van der Waals surface area contributed by atoms with Crippen molar-refractivity contribution in [2.24, 2.45) is 11.1 Å². The largest absolute Gasteiger partial charge is 0.388 e. The molecule has 3 nitrogen and oxygen atoms in total. The summed E-state index contributed by atoms with van der Waals surface area (Å²) in [6.07, 6.45) is 1.17. The molecule has 2 rings (SSSR count). The SMILES string of the molecule is Cc1cccc([C@H](O)C2(CN)CCOCC2)c1. The van der Waals surface area contributed by atoms with Gasteiger partial charge in [-0.2, -0.15) is 0 Å². The Bertz CT molecular complexity index is 372. The Kier molecular flexibility index (Phi) is 3.82. The lowest BCUT2D eigenvalue weighted by molar-refractivity contribution is -0.0581. The number of hydrogen-bond acceptors (Lipinski definition) is 3. The fraction of sp³-hybridized carbons (Fsp3) is 0.571. The average molecular weight is 235 g/mol. The van der Waals surface area contributed by atoms with Crippen LogP contribution >= 0.6 is 0 Å². The molecule has 0 amide bonds. The fourth-order valence-electron chi connectivity index (χ4n) is 2.56. The number of aliphatic hydroxyl groups excluding tert-OH is 1. The van der Waals surface area contributed by atoms with Gasteiger partial charge in [0, 0.05) is 25.2 Å². The highest BCUT2D eigenvalue weighted by molar-refractivity contribution is 5.25. The lowest BCUT2D eigenvalue weighted by Crippen LogP contribution is -2.41. The van der Waals surface area contributed by atoms with Crippen molar-refractivity contribution in [2.45, 2.75) is 25.9 Å². The van der Waals surface area contributed by atoms with Crippen LogP contribution in [0.1, 0.15) is 30.1 Å². The Hall–Kier alpha value is -0.900. The van der Waals surface area contributed by atoms with Gasteiger partial charge in [-0.1, -0.05) is 29.8 Å². The van der Waals surface area contributed by atoms with Crippen LogP contribution in [0.5, 0.6) is 0 Å². The number of benzene rings is 1. The standard InChI is InChI=1S/C14H21NO2/c1-11-3-2-4-12(9-11)13(16)14(10-15)5-7-17-8-6-14/h2-4,9,13,16H,5-8,10,15H2,1H3/t13-/m0/s1. The van der Waals surface area contributed by atoms with Gasteiger partial charge in [0.25, 0.3) is 0 Å². The summed E-state index contributed by atoms with van der Waals surface area (Å²) in [5.41, 5.74) is 7.82. The van der Waals surface area contributed by atoms with E-state index in [9.17, 15) is 5.11 Å². The highest BCUT2D eigenvalue weighted by atomic mass is 16.5. The van der Waals surface area contributed by atoms with E-state index in [1.54, 1.807) is 0 Å². The number of rotatable bonds is 3. The van der Waals surface area contributed by atoms with Crippen molar-refractivity contribution >= 4 is 0 Å². The second-order valence-corrected chi connectivity index (χ2v) is 5.00. The molecule has 94 valence electrons. The lowest BCUT2D eigenvalue weighted by atomic mass is 9.73. The number of aryl methyl sites for hydroxylation is 1. The van der Waals surface area contributed by atoms with E-state index in [1.807, 2.05) is 31.2 Å². The topological polar surface area (TPSA) is 55.5 Å². The van der Waals surface area contributed by atoms with Crippen LogP contribution < -0.4 is 5.73 Å². The zero-order chi connectivity index (χ0) is 12.3. The molecule has 0 aromatic heterocycles. The van der Waals surface area contributed by atoms with Gasteiger partial charge in [-0.05, 0) is 25.3 Å². The molecule has 1 saturated heterocycles. The molecule has 1 aliphatic heterocycles. The fourth-order valence-corrected chi connectivity index (χ4v) is 2.56. The predicted molar refractivity (Wildman–Crippen MR) is 67.7 cm³/mol. The molecule has 1 aromatic rings. The van der Waals surface area contributed by atoms with E-state index < -0.39 is 6.10 Å². The second kappa shape index (κ2) is 5.17. The van der Waals surface area contributed by atoms with Gasteiger partial charge in [-0.25, -0.2) is 0 Å². The minimum atomic E-state index is -0.490. The highest BCUT2D eigenvalue weighted by Crippen LogP contribution is 2.41. The van der Waals surface area contributed by atoms with E-state index in [2.05, 4.69) is 0 Å². The van der Waals surface area contributed by atoms with Gasteiger partial charge >= 0.3 is 0 Å². The monoisotopic (exact) mass is 235 g/mol. The molecule has 3 heteroatoms. The molecule has 0 aliphatic carbocycles. The first-order valence-electron chi connectivity index (χ1n) is 6.20. The molecular formula is C14H21NO2. The molecule has 0 spiro atoms. The molecule has 1 aliphatic rings. The first kappa shape index (κ1) is 12.6. The molecule has 1 aromatic carbocycles. The van der Waals surface area contributed by atoms with Gasteiger partial charge in [0.15, 0.2) is 0 Å². The Labute approximate surface area is 103 Å². The summed E-state index contributed by atoms with van der Waals surface area (Å²) < 4.78 is 5.37. The van der Waals surface area contributed by atoms with Crippen molar-refractivity contribution in [1.82, 2.24) is 0 Å². The molecule has 1 fully saturated rings. The predicted octanol–water partition coefficient (Wildman–Crippen LogP) is 1.78. The summed E-state index contributed by atoms with van der Waals surface area (Å²) in [6.45, 7) is 3.93. The maximum Gasteiger partial charge on any atom is 0.0860 e. The zero-order valence-corrected chi connectivity index (χ0v) is 10.4. The van der Waals surface area contributed by atoms with Gasteiger partial charge in [0.1, 0.15) is 0 Å². The van der Waals surface area contributed by atoms with Crippen LogP contribution in [0.4, 0.5) is 0 Å². The minimum absolute atomic E-state index is 0.216. The average Bonchev–Trinajstić information content (AvgIpc) is 2.38. The third-order valence-electron chi connectivity index (χ3n) is 3.83. The molecular weight excluding hydrogens is 214 g/mol. The minimum Gasteiger partial charge on any atom is -0.388 e. The summed E-state index contributed by atoms with van der Waals surface area (Å²) in [5.74, 6) is 0. The summed E-state index contributed by atoms with van der Waals surface area (Å²) >= 11 is 0.